The minimum Gasteiger partial charge on any atom is -0.496 e. The second-order valence-corrected chi connectivity index (χ2v) is 6.92. The number of benzene rings is 1. The van der Waals surface area contributed by atoms with Crippen molar-refractivity contribution in [2.24, 2.45) is 0 Å². The van der Waals surface area contributed by atoms with Gasteiger partial charge in [-0.05, 0) is 49.4 Å². The molecule has 0 saturated heterocycles. The Hall–Kier alpha value is -1.07. The Bertz CT molecular complexity index is 538. The molecule has 0 aliphatic carbocycles. The van der Waals surface area contributed by atoms with E-state index in [0.717, 1.165) is 28.9 Å². The van der Waals surface area contributed by atoms with Crippen LogP contribution in [0.25, 0.3) is 0 Å². The van der Waals surface area contributed by atoms with Gasteiger partial charge in [0.05, 0.1) is 12.9 Å². The van der Waals surface area contributed by atoms with E-state index >= 15 is 0 Å². The standard InChI is InChI=1S/C15H25NO3S/c1-5-6-11-20(17,18)16-10-9-14-7-8-15(19-4)13(3)12(14)2/h7-8,16H,5-6,9-11H2,1-4H3. The molecule has 0 aliphatic heterocycles. The third-order valence-electron chi connectivity index (χ3n) is 3.55. The monoisotopic (exact) mass is 299 g/mol. The van der Waals surface area contributed by atoms with Crippen LogP contribution >= 0.6 is 0 Å². The van der Waals surface area contributed by atoms with E-state index in [2.05, 4.69) is 4.72 Å². The van der Waals surface area contributed by atoms with Gasteiger partial charge in [0.2, 0.25) is 10.0 Å². The number of nitrogens with one attached hydrogen (secondary N) is 1. The second kappa shape index (κ2) is 7.64. The van der Waals surface area contributed by atoms with Crippen molar-refractivity contribution < 1.29 is 13.2 Å². The van der Waals surface area contributed by atoms with Gasteiger partial charge in [-0.15, -0.1) is 0 Å². The van der Waals surface area contributed by atoms with E-state index in [9.17, 15) is 8.42 Å². The summed E-state index contributed by atoms with van der Waals surface area (Å²) in [6.45, 7) is 6.49. The highest BCUT2D eigenvalue weighted by Gasteiger charge is 2.10. The van der Waals surface area contributed by atoms with Gasteiger partial charge in [-0.1, -0.05) is 19.4 Å². The molecule has 1 N–H and O–H groups in total. The Morgan fingerprint density at radius 1 is 1.20 bits per heavy atom. The molecule has 0 aromatic heterocycles. The lowest BCUT2D eigenvalue weighted by molar-refractivity contribution is 0.411. The maximum Gasteiger partial charge on any atom is 0.211 e. The first kappa shape index (κ1) is 17.0. The first-order valence-corrected chi connectivity index (χ1v) is 8.67. The largest absolute Gasteiger partial charge is 0.496 e. The van der Waals surface area contributed by atoms with Crippen LogP contribution in [0.4, 0.5) is 0 Å². The normalized spacial score (nSPS) is 11.6. The van der Waals surface area contributed by atoms with Gasteiger partial charge in [-0.3, -0.25) is 0 Å². The van der Waals surface area contributed by atoms with Gasteiger partial charge in [0.1, 0.15) is 5.75 Å². The Morgan fingerprint density at radius 3 is 2.50 bits per heavy atom. The molecule has 1 aromatic rings. The smallest absolute Gasteiger partial charge is 0.211 e. The summed E-state index contributed by atoms with van der Waals surface area (Å²) < 4.78 is 31.3. The van der Waals surface area contributed by atoms with E-state index in [1.165, 1.54) is 0 Å². The number of sulfonamides is 1. The predicted octanol–water partition coefficient (Wildman–Crippen LogP) is 2.57. The summed E-state index contributed by atoms with van der Waals surface area (Å²) in [5.74, 6) is 1.08. The molecule has 0 amide bonds. The van der Waals surface area contributed by atoms with E-state index in [1.54, 1.807) is 7.11 Å². The molecule has 0 heterocycles. The van der Waals surface area contributed by atoms with Crippen molar-refractivity contribution in [2.75, 3.05) is 19.4 Å². The topological polar surface area (TPSA) is 55.4 Å². The Labute approximate surface area is 122 Å². The molecule has 5 heteroatoms. The highest BCUT2D eigenvalue weighted by molar-refractivity contribution is 7.89. The van der Waals surface area contributed by atoms with Crippen LogP contribution in [0, 0.1) is 13.8 Å². The van der Waals surface area contributed by atoms with E-state index in [4.69, 9.17) is 4.74 Å². The van der Waals surface area contributed by atoms with Crippen LogP contribution in [0.5, 0.6) is 5.75 Å². The lowest BCUT2D eigenvalue weighted by Gasteiger charge is -2.13. The average molecular weight is 299 g/mol. The molecule has 4 nitrogen and oxygen atoms in total. The molecule has 114 valence electrons. The molecule has 20 heavy (non-hydrogen) atoms. The highest BCUT2D eigenvalue weighted by atomic mass is 32.2. The fourth-order valence-corrected chi connectivity index (χ4v) is 3.32. The van der Waals surface area contributed by atoms with E-state index < -0.39 is 10.0 Å². The number of ether oxygens (including phenoxy) is 1. The third kappa shape index (κ3) is 4.80. The zero-order valence-corrected chi connectivity index (χ0v) is 13.6. The third-order valence-corrected chi connectivity index (χ3v) is 5.02. The quantitative estimate of drug-likeness (QED) is 0.802. The van der Waals surface area contributed by atoms with Crippen molar-refractivity contribution in [3.63, 3.8) is 0 Å². The van der Waals surface area contributed by atoms with Crippen LogP contribution in [0.15, 0.2) is 12.1 Å². The minimum absolute atomic E-state index is 0.212. The predicted molar refractivity (Wildman–Crippen MR) is 82.9 cm³/mol. The van der Waals surface area contributed by atoms with Crippen LogP contribution in [0.3, 0.4) is 0 Å². The lowest BCUT2D eigenvalue weighted by Crippen LogP contribution is -2.28. The second-order valence-electron chi connectivity index (χ2n) is 4.99. The van der Waals surface area contributed by atoms with Crippen molar-refractivity contribution >= 4 is 10.0 Å². The summed E-state index contributed by atoms with van der Waals surface area (Å²) in [4.78, 5) is 0. The van der Waals surface area contributed by atoms with Crippen LogP contribution in [-0.4, -0.2) is 27.8 Å². The summed E-state index contributed by atoms with van der Waals surface area (Å²) in [5.41, 5.74) is 3.43. The SMILES string of the molecule is CCCCS(=O)(=O)NCCc1ccc(OC)c(C)c1C. The van der Waals surface area contributed by atoms with Crippen LogP contribution in [0.2, 0.25) is 0 Å². The first-order valence-electron chi connectivity index (χ1n) is 7.01. The Kier molecular flexibility index (Phi) is 6.49. The van der Waals surface area contributed by atoms with E-state index in [-0.39, 0.29) is 5.75 Å². The molecular formula is C15H25NO3S. The fourth-order valence-electron chi connectivity index (χ4n) is 2.09. The van der Waals surface area contributed by atoms with Gasteiger partial charge >= 0.3 is 0 Å². The van der Waals surface area contributed by atoms with Crippen LogP contribution in [0.1, 0.15) is 36.5 Å². The van der Waals surface area contributed by atoms with Gasteiger partial charge in [0.15, 0.2) is 0 Å². The van der Waals surface area contributed by atoms with Gasteiger partial charge in [-0.2, -0.15) is 0 Å². The maximum absolute atomic E-state index is 11.7. The summed E-state index contributed by atoms with van der Waals surface area (Å²) in [7, 11) is -1.47. The maximum atomic E-state index is 11.7. The van der Waals surface area contributed by atoms with Crippen molar-refractivity contribution in [3.8, 4) is 5.75 Å². The number of unbranched alkanes of at least 4 members (excludes halogenated alkanes) is 1. The number of hydrogen-bond donors (Lipinski definition) is 1. The molecule has 0 fully saturated rings. The lowest BCUT2D eigenvalue weighted by atomic mass is 10.0. The van der Waals surface area contributed by atoms with Crippen molar-refractivity contribution in [3.05, 3.63) is 28.8 Å². The van der Waals surface area contributed by atoms with Gasteiger partial charge < -0.3 is 4.74 Å². The summed E-state index contributed by atoms with van der Waals surface area (Å²) in [6.07, 6.45) is 2.29. The van der Waals surface area contributed by atoms with Crippen molar-refractivity contribution in [2.45, 2.75) is 40.0 Å². The Morgan fingerprint density at radius 2 is 1.90 bits per heavy atom. The molecule has 1 aromatic carbocycles. The number of hydrogen-bond acceptors (Lipinski definition) is 3. The molecular weight excluding hydrogens is 274 g/mol. The zero-order valence-electron chi connectivity index (χ0n) is 12.8. The van der Waals surface area contributed by atoms with E-state index in [0.29, 0.717) is 19.4 Å². The molecule has 0 unspecified atom stereocenters. The highest BCUT2D eigenvalue weighted by Crippen LogP contribution is 2.23. The van der Waals surface area contributed by atoms with Crippen LogP contribution in [-0.2, 0) is 16.4 Å². The van der Waals surface area contributed by atoms with Gasteiger partial charge in [-0.25, -0.2) is 13.1 Å². The summed E-state index contributed by atoms with van der Waals surface area (Å²) in [5, 5.41) is 0. The molecule has 0 atom stereocenters. The first-order chi connectivity index (χ1) is 9.41. The van der Waals surface area contributed by atoms with Gasteiger partial charge in [0, 0.05) is 6.54 Å². The molecule has 0 spiro atoms. The van der Waals surface area contributed by atoms with E-state index in [1.807, 2.05) is 32.9 Å². The molecule has 0 radical (unpaired) electrons. The summed E-state index contributed by atoms with van der Waals surface area (Å²) in [6, 6.07) is 3.94. The Balaban J connectivity index is 2.61. The minimum atomic E-state index is -3.12. The summed E-state index contributed by atoms with van der Waals surface area (Å²) >= 11 is 0. The van der Waals surface area contributed by atoms with Crippen molar-refractivity contribution in [1.82, 2.24) is 4.72 Å². The zero-order chi connectivity index (χ0) is 15.2. The van der Waals surface area contributed by atoms with Crippen molar-refractivity contribution in [1.29, 1.82) is 0 Å². The number of methoxy groups -OCH3 is 1. The average Bonchev–Trinajstić information content (AvgIpc) is 2.41. The molecule has 0 bridgehead atoms. The van der Waals surface area contributed by atoms with Gasteiger partial charge in [0.25, 0.3) is 0 Å². The molecule has 0 aliphatic rings. The fraction of sp³-hybridized carbons (Fsp3) is 0.600. The van der Waals surface area contributed by atoms with Crippen LogP contribution < -0.4 is 9.46 Å². The molecule has 0 saturated carbocycles. The number of rotatable bonds is 8. The molecule has 1 rings (SSSR count).